The lowest BCUT2D eigenvalue weighted by molar-refractivity contribution is -0.148. The number of hydrogen-bond acceptors (Lipinski definition) is 5. The SMILES string of the molecule is CCOC(=O)CCn1cc2c(c1C#N)CCC1(C2)OC=CO1. The second kappa shape index (κ2) is 5.76. The van der Waals surface area contributed by atoms with Crippen molar-refractivity contribution in [2.24, 2.45) is 0 Å². The van der Waals surface area contributed by atoms with E-state index < -0.39 is 5.79 Å². The summed E-state index contributed by atoms with van der Waals surface area (Å²) in [5.41, 5.74) is 2.71. The molecule has 0 fully saturated rings. The summed E-state index contributed by atoms with van der Waals surface area (Å²) in [6.07, 6.45) is 7.36. The summed E-state index contributed by atoms with van der Waals surface area (Å²) in [5, 5.41) is 9.43. The van der Waals surface area contributed by atoms with Gasteiger partial charge in [0.25, 0.3) is 5.79 Å². The molecule has 1 spiro atoms. The van der Waals surface area contributed by atoms with Crippen molar-refractivity contribution in [3.8, 4) is 6.07 Å². The van der Waals surface area contributed by atoms with Crippen molar-refractivity contribution >= 4 is 5.97 Å². The van der Waals surface area contributed by atoms with Crippen LogP contribution in [0.4, 0.5) is 0 Å². The Hall–Kier alpha value is -2.42. The third-order valence-corrected chi connectivity index (χ3v) is 4.08. The van der Waals surface area contributed by atoms with Crippen LogP contribution in [-0.2, 0) is 38.4 Å². The summed E-state index contributed by atoms with van der Waals surface area (Å²) < 4.78 is 17.9. The van der Waals surface area contributed by atoms with Gasteiger partial charge in [0.15, 0.2) is 0 Å². The molecule has 1 aliphatic heterocycles. The fraction of sp³-hybridized carbons (Fsp3) is 0.500. The van der Waals surface area contributed by atoms with Crippen LogP contribution in [0.25, 0.3) is 0 Å². The van der Waals surface area contributed by atoms with Gasteiger partial charge in [-0.25, -0.2) is 0 Å². The molecule has 0 amide bonds. The van der Waals surface area contributed by atoms with E-state index in [4.69, 9.17) is 14.2 Å². The molecule has 0 radical (unpaired) electrons. The van der Waals surface area contributed by atoms with Crippen LogP contribution in [0.3, 0.4) is 0 Å². The van der Waals surface area contributed by atoms with Crippen LogP contribution in [0, 0.1) is 11.3 Å². The summed E-state index contributed by atoms with van der Waals surface area (Å²) in [6, 6.07) is 2.25. The highest BCUT2D eigenvalue weighted by molar-refractivity contribution is 5.69. The van der Waals surface area contributed by atoms with Crippen LogP contribution >= 0.6 is 0 Å². The van der Waals surface area contributed by atoms with E-state index in [9.17, 15) is 10.1 Å². The Balaban J connectivity index is 1.77. The summed E-state index contributed by atoms with van der Waals surface area (Å²) in [5.74, 6) is -0.867. The molecule has 2 heterocycles. The largest absolute Gasteiger partial charge is 0.466 e. The van der Waals surface area contributed by atoms with Gasteiger partial charge in [-0.15, -0.1) is 0 Å². The Morgan fingerprint density at radius 3 is 2.95 bits per heavy atom. The Labute approximate surface area is 128 Å². The van der Waals surface area contributed by atoms with E-state index in [1.165, 1.54) is 0 Å². The van der Waals surface area contributed by atoms with Gasteiger partial charge in [0.2, 0.25) is 0 Å². The maximum Gasteiger partial charge on any atom is 0.307 e. The van der Waals surface area contributed by atoms with Crippen molar-refractivity contribution in [2.75, 3.05) is 6.61 Å². The molecule has 2 aliphatic rings. The average Bonchev–Trinajstić information content (AvgIpc) is 3.09. The van der Waals surface area contributed by atoms with Gasteiger partial charge in [0.05, 0.1) is 19.4 Å². The molecule has 22 heavy (non-hydrogen) atoms. The first kappa shape index (κ1) is 14.5. The Morgan fingerprint density at radius 1 is 1.50 bits per heavy atom. The van der Waals surface area contributed by atoms with E-state index in [0.29, 0.717) is 31.7 Å². The van der Waals surface area contributed by atoms with Crippen molar-refractivity contribution in [1.82, 2.24) is 4.57 Å². The highest BCUT2D eigenvalue weighted by atomic mass is 16.7. The molecule has 3 rings (SSSR count). The summed E-state index contributed by atoms with van der Waals surface area (Å²) >= 11 is 0. The number of ether oxygens (including phenoxy) is 3. The van der Waals surface area contributed by atoms with E-state index in [2.05, 4.69) is 6.07 Å². The number of nitrogens with zero attached hydrogens (tertiary/aromatic N) is 2. The molecule has 1 aromatic rings. The minimum atomic E-state index is -0.618. The zero-order valence-electron chi connectivity index (χ0n) is 12.5. The Bertz CT molecular complexity index is 646. The molecule has 0 N–H and O–H groups in total. The topological polar surface area (TPSA) is 73.5 Å². The summed E-state index contributed by atoms with van der Waals surface area (Å²) in [7, 11) is 0. The minimum absolute atomic E-state index is 0.249. The number of carbonyl (C=O) groups is 1. The first-order chi connectivity index (χ1) is 10.7. The van der Waals surface area contributed by atoms with Crippen LogP contribution in [0.2, 0.25) is 0 Å². The maximum atomic E-state index is 11.5. The van der Waals surface area contributed by atoms with E-state index in [0.717, 1.165) is 17.5 Å². The molecular weight excluding hydrogens is 284 g/mol. The molecule has 0 atom stereocenters. The number of carbonyl (C=O) groups excluding carboxylic acids is 1. The van der Waals surface area contributed by atoms with Crippen LogP contribution in [0.5, 0.6) is 0 Å². The second-order valence-corrected chi connectivity index (χ2v) is 5.44. The summed E-state index contributed by atoms with van der Waals surface area (Å²) in [4.78, 5) is 11.5. The van der Waals surface area contributed by atoms with E-state index in [1.807, 2.05) is 10.8 Å². The van der Waals surface area contributed by atoms with Gasteiger partial charge in [-0.05, 0) is 24.5 Å². The third-order valence-electron chi connectivity index (χ3n) is 4.08. The lowest BCUT2D eigenvalue weighted by atomic mass is 9.89. The fourth-order valence-corrected chi connectivity index (χ4v) is 3.07. The molecule has 0 saturated heterocycles. The number of rotatable bonds is 4. The van der Waals surface area contributed by atoms with Gasteiger partial charge in [0, 0.05) is 19.2 Å². The highest BCUT2D eigenvalue weighted by Crippen LogP contribution is 2.37. The highest BCUT2D eigenvalue weighted by Gasteiger charge is 2.41. The van der Waals surface area contributed by atoms with Crippen molar-refractivity contribution in [2.45, 2.75) is 44.9 Å². The van der Waals surface area contributed by atoms with Gasteiger partial charge in [-0.2, -0.15) is 5.26 Å². The predicted molar refractivity (Wildman–Crippen MR) is 76.5 cm³/mol. The molecule has 6 heteroatoms. The van der Waals surface area contributed by atoms with Gasteiger partial charge < -0.3 is 18.8 Å². The van der Waals surface area contributed by atoms with Gasteiger partial charge in [0.1, 0.15) is 24.3 Å². The van der Waals surface area contributed by atoms with Crippen LogP contribution in [-0.4, -0.2) is 22.9 Å². The summed E-state index contributed by atoms with van der Waals surface area (Å²) in [6.45, 7) is 2.60. The van der Waals surface area contributed by atoms with Gasteiger partial charge >= 0.3 is 5.97 Å². The number of hydrogen-bond donors (Lipinski definition) is 0. The predicted octanol–water partition coefficient (Wildman–Crippen LogP) is 2.02. The zero-order chi connectivity index (χ0) is 15.6. The molecule has 1 aliphatic carbocycles. The minimum Gasteiger partial charge on any atom is -0.466 e. The Morgan fingerprint density at radius 2 is 2.27 bits per heavy atom. The van der Waals surface area contributed by atoms with Crippen LogP contribution in [0.1, 0.15) is 36.6 Å². The van der Waals surface area contributed by atoms with Crippen molar-refractivity contribution < 1.29 is 19.0 Å². The maximum absolute atomic E-state index is 11.5. The monoisotopic (exact) mass is 302 g/mol. The number of esters is 1. The number of fused-ring (bicyclic) bond motifs is 1. The standard InChI is InChI=1S/C16H18N2O4/c1-2-20-15(19)4-6-18-11-12-9-16(21-7-8-22-16)5-3-13(12)14(18)10-17/h7-8,11H,2-6,9H2,1H3. The van der Waals surface area contributed by atoms with E-state index in [-0.39, 0.29) is 12.4 Å². The lowest BCUT2D eigenvalue weighted by Gasteiger charge is -2.31. The molecule has 116 valence electrons. The number of nitriles is 1. The molecule has 0 bridgehead atoms. The zero-order valence-corrected chi connectivity index (χ0v) is 12.5. The Kier molecular flexibility index (Phi) is 3.80. The lowest BCUT2D eigenvalue weighted by Crippen LogP contribution is -2.36. The molecule has 0 unspecified atom stereocenters. The molecular formula is C16H18N2O4. The first-order valence-electron chi connectivity index (χ1n) is 7.45. The van der Waals surface area contributed by atoms with Gasteiger partial charge in [-0.1, -0.05) is 0 Å². The molecule has 0 saturated carbocycles. The fourth-order valence-electron chi connectivity index (χ4n) is 3.07. The van der Waals surface area contributed by atoms with Crippen molar-refractivity contribution in [1.29, 1.82) is 5.26 Å². The quantitative estimate of drug-likeness (QED) is 0.795. The average molecular weight is 302 g/mol. The van der Waals surface area contributed by atoms with Gasteiger partial charge in [-0.3, -0.25) is 4.79 Å². The second-order valence-electron chi connectivity index (χ2n) is 5.44. The van der Waals surface area contributed by atoms with Crippen molar-refractivity contribution in [3.05, 3.63) is 35.5 Å². The smallest absolute Gasteiger partial charge is 0.307 e. The normalized spacial score (nSPS) is 17.5. The molecule has 6 nitrogen and oxygen atoms in total. The number of aromatic nitrogens is 1. The number of aryl methyl sites for hydroxylation is 1. The molecule has 1 aromatic heterocycles. The van der Waals surface area contributed by atoms with E-state index in [1.54, 1.807) is 19.4 Å². The third kappa shape index (κ3) is 2.54. The van der Waals surface area contributed by atoms with Crippen molar-refractivity contribution in [3.63, 3.8) is 0 Å². The molecule has 0 aromatic carbocycles. The van der Waals surface area contributed by atoms with Crippen LogP contribution < -0.4 is 0 Å². The van der Waals surface area contributed by atoms with Crippen LogP contribution in [0.15, 0.2) is 18.7 Å². The first-order valence-corrected chi connectivity index (χ1v) is 7.45. The van der Waals surface area contributed by atoms with E-state index >= 15 is 0 Å².